The summed E-state index contributed by atoms with van der Waals surface area (Å²) in [6.07, 6.45) is 2.95. The van der Waals surface area contributed by atoms with Gasteiger partial charge in [-0.3, -0.25) is 14.5 Å². The molecular weight excluding hydrogens is 677 g/mol. The largest absolute Gasteiger partial charge is 0.422 e. The Kier molecular flexibility index (Phi) is 9.16. The molecule has 1 atom stereocenters. The van der Waals surface area contributed by atoms with Crippen molar-refractivity contribution >= 4 is 44.2 Å². The first-order valence-electron chi connectivity index (χ1n) is 17.7. The van der Waals surface area contributed by atoms with Gasteiger partial charge >= 0.3 is 5.63 Å². The van der Waals surface area contributed by atoms with Crippen LogP contribution in [0.2, 0.25) is 0 Å². The maximum absolute atomic E-state index is 15.8. The zero-order valence-electron chi connectivity index (χ0n) is 29.9. The van der Waals surface area contributed by atoms with Crippen molar-refractivity contribution in [1.29, 1.82) is 0 Å². The van der Waals surface area contributed by atoms with E-state index in [1.165, 1.54) is 11.0 Å². The van der Waals surface area contributed by atoms with Crippen molar-refractivity contribution in [2.24, 2.45) is 0 Å². The molecule has 2 saturated heterocycles. The van der Waals surface area contributed by atoms with Crippen molar-refractivity contribution in [2.75, 3.05) is 69.8 Å². The fourth-order valence-electron chi connectivity index (χ4n) is 7.83. The summed E-state index contributed by atoms with van der Waals surface area (Å²) < 4.78 is 54.1. The summed E-state index contributed by atoms with van der Waals surface area (Å²) in [4.78, 5) is 48.8. The van der Waals surface area contributed by atoms with E-state index in [1.807, 2.05) is 18.7 Å². The number of methoxy groups -OCH3 is 1. The van der Waals surface area contributed by atoms with Gasteiger partial charge in [0.15, 0.2) is 0 Å². The molecule has 0 radical (unpaired) electrons. The molecule has 12 nitrogen and oxygen atoms in total. The number of amides is 2. The number of aryl methyl sites for hydroxylation is 2. The second-order valence-electron chi connectivity index (χ2n) is 14.8. The van der Waals surface area contributed by atoms with Gasteiger partial charge < -0.3 is 23.9 Å². The van der Waals surface area contributed by atoms with Gasteiger partial charge in [-0.25, -0.2) is 22.3 Å². The summed E-state index contributed by atoms with van der Waals surface area (Å²) in [5, 5.41) is 0.869. The molecule has 0 bridgehead atoms. The van der Waals surface area contributed by atoms with Crippen LogP contribution in [0.3, 0.4) is 0 Å². The van der Waals surface area contributed by atoms with Crippen molar-refractivity contribution < 1.29 is 31.6 Å². The van der Waals surface area contributed by atoms with Crippen LogP contribution in [0.25, 0.3) is 11.0 Å². The molecule has 3 fully saturated rings. The van der Waals surface area contributed by atoms with Crippen molar-refractivity contribution in [2.45, 2.75) is 70.2 Å². The molecule has 0 unspecified atom stereocenters. The normalized spacial score (nSPS) is 20.5. The molecule has 1 aromatic heterocycles. The van der Waals surface area contributed by atoms with Crippen LogP contribution in [-0.4, -0.2) is 101 Å². The smallest absolute Gasteiger partial charge is 0.341 e. The Morgan fingerprint density at radius 2 is 1.73 bits per heavy atom. The van der Waals surface area contributed by atoms with Gasteiger partial charge in [0.25, 0.3) is 11.8 Å². The average Bonchev–Trinajstić information content (AvgIpc) is 3.63. The number of nitrogens with one attached hydrogen (secondary N) is 1. The monoisotopic (exact) mass is 723 g/mol. The third kappa shape index (κ3) is 6.29. The zero-order chi connectivity index (χ0) is 36.4. The van der Waals surface area contributed by atoms with Crippen molar-refractivity contribution in [3.05, 3.63) is 67.8 Å². The third-order valence-electron chi connectivity index (χ3n) is 11.4. The molecule has 7 rings (SSSR count). The fraction of sp³-hybridized carbons (Fsp3) is 0.541. The van der Waals surface area contributed by atoms with Gasteiger partial charge in [0.2, 0.25) is 10.0 Å². The minimum absolute atomic E-state index is 0.0542. The van der Waals surface area contributed by atoms with Crippen LogP contribution in [0.5, 0.6) is 0 Å². The number of likely N-dealkylation sites (N-methyl/N-ethyl adjacent to an activating group) is 1. The maximum atomic E-state index is 15.8. The quantitative estimate of drug-likeness (QED) is 0.343. The number of hydrogen-bond acceptors (Lipinski definition) is 10. The second-order valence-corrected chi connectivity index (χ2v) is 17.0. The van der Waals surface area contributed by atoms with Crippen molar-refractivity contribution in [1.82, 2.24) is 14.5 Å². The molecule has 4 heterocycles. The molecular formula is C37H46FN5O7S. The third-order valence-corrected chi connectivity index (χ3v) is 13.5. The molecule has 1 saturated carbocycles. The first-order chi connectivity index (χ1) is 24.2. The van der Waals surface area contributed by atoms with E-state index in [-0.39, 0.29) is 30.3 Å². The Balaban J connectivity index is 1.18. The Morgan fingerprint density at radius 3 is 2.41 bits per heavy atom. The number of ether oxygens (including phenoxy) is 1. The number of carbonyl (C=O) groups excluding carboxylic acids is 2. The number of carbonyl (C=O) groups is 2. The molecule has 274 valence electrons. The standard InChI is InChI=1S/C37H46FN5O7S/c1-22-16-30(42-15-14-40(4)24(19-42)21-49-5)23(2)33-32(22)25-8-13-43(20-28(25)36(46)50-33)35(45)26-18-31(41-11-6-7-12-41)27(17-29(26)38)34(44)39-51(47,48)37(3)9-10-37/h16-18,24H,6-15,19-21H2,1-5H3,(H,39,44)/t24-/m1/s1. The Hall–Kier alpha value is -4.01. The summed E-state index contributed by atoms with van der Waals surface area (Å²) in [6.45, 7) is 10.0. The molecule has 1 aliphatic carbocycles. The first kappa shape index (κ1) is 35.4. The van der Waals surface area contributed by atoms with Gasteiger partial charge in [-0.2, -0.15) is 0 Å². The number of anilines is 2. The summed E-state index contributed by atoms with van der Waals surface area (Å²) in [5.41, 5.74) is 4.03. The first-order valence-corrected chi connectivity index (χ1v) is 19.2. The van der Waals surface area contributed by atoms with E-state index in [9.17, 15) is 22.8 Å². The Morgan fingerprint density at radius 1 is 1.00 bits per heavy atom. The van der Waals surface area contributed by atoms with Crippen LogP contribution in [0.1, 0.15) is 75.6 Å². The van der Waals surface area contributed by atoms with E-state index in [1.54, 1.807) is 14.0 Å². The summed E-state index contributed by atoms with van der Waals surface area (Å²) in [5.74, 6) is -2.47. The number of piperazine rings is 1. The highest BCUT2D eigenvalue weighted by atomic mass is 32.2. The summed E-state index contributed by atoms with van der Waals surface area (Å²) in [7, 11) is -0.162. The molecule has 3 aromatic rings. The van der Waals surface area contributed by atoms with E-state index in [2.05, 4.69) is 27.6 Å². The van der Waals surface area contributed by atoms with Crippen LogP contribution in [0, 0.1) is 19.7 Å². The second kappa shape index (κ2) is 13.2. The van der Waals surface area contributed by atoms with Crippen LogP contribution >= 0.6 is 0 Å². The van der Waals surface area contributed by atoms with Gasteiger partial charge in [-0.15, -0.1) is 0 Å². The van der Waals surface area contributed by atoms with Crippen LogP contribution in [0.4, 0.5) is 15.8 Å². The molecule has 2 aromatic carbocycles. The average molecular weight is 724 g/mol. The van der Waals surface area contributed by atoms with Gasteiger partial charge in [0.1, 0.15) is 11.4 Å². The number of rotatable bonds is 8. The highest BCUT2D eigenvalue weighted by molar-refractivity contribution is 7.91. The molecule has 4 aliphatic rings. The molecule has 3 aliphatic heterocycles. The highest BCUT2D eigenvalue weighted by Gasteiger charge is 2.51. The van der Waals surface area contributed by atoms with Gasteiger partial charge in [-0.1, -0.05) is 0 Å². The molecule has 14 heteroatoms. The topological polar surface area (TPSA) is 133 Å². The minimum atomic E-state index is -3.96. The van der Waals surface area contributed by atoms with E-state index >= 15 is 4.39 Å². The summed E-state index contributed by atoms with van der Waals surface area (Å²) >= 11 is 0. The summed E-state index contributed by atoms with van der Waals surface area (Å²) in [6, 6.07) is 4.69. The number of halogens is 1. The molecule has 1 N–H and O–H groups in total. The zero-order valence-corrected chi connectivity index (χ0v) is 30.8. The van der Waals surface area contributed by atoms with E-state index in [4.69, 9.17) is 9.15 Å². The predicted molar refractivity (Wildman–Crippen MR) is 193 cm³/mol. The lowest BCUT2D eigenvalue weighted by Crippen LogP contribution is -2.53. The van der Waals surface area contributed by atoms with Crippen LogP contribution in [0.15, 0.2) is 27.4 Å². The minimum Gasteiger partial charge on any atom is -0.422 e. The predicted octanol–water partition coefficient (Wildman–Crippen LogP) is 3.73. The molecule has 51 heavy (non-hydrogen) atoms. The van der Waals surface area contributed by atoms with E-state index in [0.29, 0.717) is 55.8 Å². The lowest BCUT2D eigenvalue weighted by molar-refractivity contribution is 0.0727. The maximum Gasteiger partial charge on any atom is 0.341 e. The Bertz CT molecular complexity index is 2090. The highest BCUT2D eigenvalue weighted by Crippen LogP contribution is 2.42. The molecule has 2 amide bonds. The van der Waals surface area contributed by atoms with E-state index < -0.39 is 38.0 Å². The number of hydrogen-bond donors (Lipinski definition) is 1. The fourth-order valence-corrected chi connectivity index (χ4v) is 9.07. The molecule has 0 spiro atoms. The van der Waals surface area contributed by atoms with Gasteiger partial charge in [0.05, 0.1) is 46.3 Å². The van der Waals surface area contributed by atoms with Crippen LogP contribution in [-0.2, 0) is 27.7 Å². The lowest BCUT2D eigenvalue weighted by atomic mass is 9.92. The number of nitrogens with zero attached hydrogens (tertiary/aromatic N) is 4. The SMILES string of the molecule is COC[C@H]1CN(c2cc(C)c3c4c(c(=O)oc3c2C)CN(C(=O)c2cc(N3CCCC3)c(C(=O)NS(=O)(=O)C3(C)CC3)cc2F)CC4)CCN1C. The number of fused-ring (bicyclic) bond motifs is 3. The van der Waals surface area contributed by atoms with E-state index in [0.717, 1.165) is 66.3 Å². The van der Waals surface area contributed by atoms with Crippen LogP contribution < -0.4 is 20.1 Å². The number of sulfonamides is 1. The van der Waals surface area contributed by atoms with Crippen molar-refractivity contribution in [3.63, 3.8) is 0 Å². The van der Waals surface area contributed by atoms with Crippen molar-refractivity contribution in [3.8, 4) is 0 Å². The number of benzene rings is 2. The Labute approximate surface area is 297 Å². The lowest BCUT2D eigenvalue weighted by Gasteiger charge is -2.41. The van der Waals surface area contributed by atoms with Gasteiger partial charge in [-0.05, 0) is 89.2 Å². The van der Waals surface area contributed by atoms with Gasteiger partial charge in [0, 0.05) is 63.0 Å².